The highest BCUT2D eigenvalue weighted by molar-refractivity contribution is 5.90. The van der Waals surface area contributed by atoms with E-state index in [4.69, 9.17) is 19.2 Å². The number of para-hydroxylation sites is 1. The smallest absolute Gasteiger partial charge is 0.355 e. The van der Waals surface area contributed by atoms with Gasteiger partial charge in [-0.25, -0.2) is 14.6 Å². The molecule has 0 saturated heterocycles. The van der Waals surface area contributed by atoms with Gasteiger partial charge in [0.25, 0.3) is 5.56 Å². The Hall–Kier alpha value is -4.58. The van der Waals surface area contributed by atoms with Gasteiger partial charge in [0, 0.05) is 42.6 Å². The lowest BCUT2D eigenvalue weighted by Crippen LogP contribution is -2.47. The molecule has 2 atom stereocenters. The number of aliphatic carboxylic acids is 1. The summed E-state index contributed by atoms with van der Waals surface area (Å²) in [5.41, 5.74) is 0.943. The predicted octanol–water partition coefficient (Wildman–Crippen LogP) is 6.31. The first-order valence-electron chi connectivity index (χ1n) is 18.8. The van der Waals surface area contributed by atoms with Crippen LogP contribution in [0.4, 0.5) is 0 Å². The molecule has 1 unspecified atom stereocenters. The first-order chi connectivity index (χ1) is 25.2. The van der Waals surface area contributed by atoms with Crippen molar-refractivity contribution in [2.24, 2.45) is 0 Å². The summed E-state index contributed by atoms with van der Waals surface area (Å²) >= 11 is 0. The minimum absolute atomic E-state index is 0.0160. The van der Waals surface area contributed by atoms with E-state index in [0.717, 1.165) is 35.7 Å². The number of nitrogens with zero attached hydrogens (tertiary/aromatic N) is 2. The van der Waals surface area contributed by atoms with E-state index in [-0.39, 0.29) is 49.2 Å². The lowest BCUT2D eigenvalue weighted by Gasteiger charge is -2.35. The third-order valence-electron chi connectivity index (χ3n) is 10.1. The Morgan fingerprint density at radius 2 is 1.67 bits per heavy atom. The van der Waals surface area contributed by atoms with E-state index in [9.17, 15) is 29.1 Å². The number of aromatic nitrogens is 2. The number of hydrogen-bond acceptors (Lipinski definition) is 9. The highest BCUT2D eigenvalue weighted by Gasteiger charge is 2.50. The summed E-state index contributed by atoms with van der Waals surface area (Å²) in [6.45, 7) is 4.62. The minimum atomic E-state index is -1.90. The molecule has 0 fully saturated rings. The van der Waals surface area contributed by atoms with Crippen LogP contribution in [0.15, 0.2) is 41.2 Å². The van der Waals surface area contributed by atoms with Crippen LogP contribution in [0.3, 0.4) is 0 Å². The van der Waals surface area contributed by atoms with Gasteiger partial charge in [-0.1, -0.05) is 89.8 Å². The van der Waals surface area contributed by atoms with E-state index in [0.29, 0.717) is 24.5 Å². The average molecular weight is 718 g/mol. The number of carbonyl (C=O) groups is 4. The molecule has 2 aromatic heterocycles. The van der Waals surface area contributed by atoms with Crippen molar-refractivity contribution in [2.75, 3.05) is 13.2 Å². The number of rotatable bonds is 21. The van der Waals surface area contributed by atoms with Gasteiger partial charge >= 0.3 is 17.9 Å². The molecule has 0 aliphatic carbocycles. The summed E-state index contributed by atoms with van der Waals surface area (Å²) in [5.74, 6) is -3.52. The summed E-state index contributed by atoms with van der Waals surface area (Å²) in [6, 6.07) is 10.1. The summed E-state index contributed by atoms with van der Waals surface area (Å²) < 4.78 is 18.4. The molecule has 280 valence electrons. The van der Waals surface area contributed by atoms with Crippen LogP contribution < -0.4 is 10.9 Å². The molecule has 0 spiro atoms. The first kappa shape index (κ1) is 38.6. The van der Waals surface area contributed by atoms with Crippen molar-refractivity contribution in [2.45, 2.75) is 129 Å². The van der Waals surface area contributed by atoms with Gasteiger partial charge in [0.1, 0.15) is 12.6 Å². The number of hydrogen-bond donors (Lipinski definition) is 2. The number of ether oxygens (including phenoxy) is 3. The number of benzene rings is 1. The van der Waals surface area contributed by atoms with Crippen molar-refractivity contribution in [3.63, 3.8) is 0 Å². The molecule has 0 bridgehead atoms. The number of unbranched alkanes of at least 4 members (excludes halogenated alkanes) is 9. The lowest BCUT2D eigenvalue weighted by molar-refractivity contribution is -0.189. The van der Waals surface area contributed by atoms with Gasteiger partial charge in [0.2, 0.25) is 11.5 Å². The molecular formula is C40H51N3O9. The van der Waals surface area contributed by atoms with Gasteiger partial charge < -0.3 is 29.2 Å². The molecule has 5 rings (SSSR count). The number of amides is 1. The third kappa shape index (κ3) is 9.07. The molecule has 52 heavy (non-hydrogen) atoms. The number of nitrogens with one attached hydrogen (secondary N) is 1. The van der Waals surface area contributed by atoms with E-state index in [1.54, 1.807) is 17.6 Å². The second-order valence-corrected chi connectivity index (χ2v) is 13.8. The number of carbonyl (C=O) groups excluding carboxylic acids is 3. The maximum Gasteiger partial charge on any atom is 0.355 e. The molecule has 1 aromatic carbocycles. The van der Waals surface area contributed by atoms with Crippen molar-refractivity contribution >= 4 is 34.7 Å². The second kappa shape index (κ2) is 18.3. The van der Waals surface area contributed by atoms with E-state index >= 15 is 0 Å². The Bertz CT molecular complexity index is 1820. The maximum absolute atomic E-state index is 13.7. The number of esters is 2. The minimum Gasteiger partial charge on any atom is -0.480 e. The normalized spacial score (nSPS) is 16.5. The van der Waals surface area contributed by atoms with Gasteiger partial charge in [-0.2, -0.15) is 0 Å². The van der Waals surface area contributed by atoms with Gasteiger partial charge in [-0.15, -0.1) is 0 Å². The van der Waals surface area contributed by atoms with Gasteiger partial charge in [0.15, 0.2) is 0 Å². The Kier molecular flexibility index (Phi) is 13.6. The molecule has 2 N–H and O–H groups in total. The highest BCUT2D eigenvalue weighted by atomic mass is 16.6. The zero-order valence-electron chi connectivity index (χ0n) is 30.4. The second-order valence-electron chi connectivity index (χ2n) is 13.8. The molecule has 2 aliphatic rings. The van der Waals surface area contributed by atoms with Crippen LogP contribution in [-0.4, -0.2) is 57.7 Å². The van der Waals surface area contributed by atoms with Crippen LogP contribution in [0.5, 0.6) is 0 Å². The quantitative estimate of drug-likeness (QED) is 0.0738. The first-order valence-corrected chi connectivity index (χ1v) is 18.8. The standard InChI is InChI=1S/C40H51N3O9/c1-3-5-6-7-8-9-10-11-12-15-21-50-22-20-32(38(47)48)41-34(44)18-19-35(45)52-40(4-2)30-24-33-36-28(23-27-16-13-14-17-31(27)42-36)25-43(33)37(46)29(30)26-51-39(40)49/h13-14,16-17,23-24,32H,3-12,15,18-22,25-26H2,1-2H3,(H,41,44)(H,47,48)/t32?,40-/m0/s1. The molecule has 2 aliphatic heterocycles. The highest BCUT2D eigenvalue weighted by Crippen LogP contribution is 2.41. The van der Waals surface area contributed by atoms with Crippen molar-refractivity contribution in [1.82, 2.24) is 14.9 Å². The van der Waals surface area contributed by atoms with Crippen LogP contribution >= 0.6 is 0 Å². The molecule has 0 saturated carbocycles. The summed E-state index contributed by atoms with van der Waals surface area (Å²) in [7, 11) is 0. The fraction of sp³-hybridized carbons (Fsp3) is 0.550. The number of fused-ring (bicyclic) bond motifs is 5. The van der Waals surface area contributed by atoms with Crippen LogP contribution in [-0.2, 0) is 52.1 Å². The van der Waals surface area contributed by atoms with Crippen LogP contribution in [0.2, 0.25) is 0 Å². The number of carboxylic acids is 1. The van der Waals surface area contributed by atoms with E-state index < -0.39 is 41.9 Å². The Labute approximate surface area is 304 Å². The Morgan fingerprint density at radius 1 is 0.962 bits per heavy atom. The van der Waals surface area contributed by atoms with E-state index in [1.807, 2.05) is 30.3 Å². The number of pyridine rings is 2. The lowest BCUT2D eigenvalue weighted by atomic mass is 9.85. The third-order valence-corrected chi connectivity index (χ3v) is 10.1. The van der Waals surface area contributed by atoms with Crippen LogP contribution in [0.25, 0.3) is 22.3 Å². The monoisotopic (exact) mass is 717 g/mol. The van der Waals surface area contributed by atoms with Crippen LogP contribution in [0.1, 0.15) is 120 Å². The van der Waals surface area contributed by atoms with Crippen molar-refractivity contribution in [1.29, 1.82) is 0 Å². The molecule has 1 amide bonds. The summed E-state index contributed by atoms with van der Waals surface area (Å²) in [5, 5.41) is 13.0. The molecule has 4 heterocycles. The fourth-order valence-electron chi connectivity index (χ4n) is 7.06. The zero-order valence-corrected chi connectivity index (χ0v) is 30.4. The summed E-state index contributed by atoms with van der Waals surface area (Å²) in [4.78, 5) is 69.6. The molecule has 0 radical (unpaired) electrons. The summed E-state index contributed by atoms with van der Waals surface area (Å²) in [6.07, 6.45) is 11.4. The van der Waals surface area contributed by atoms with Crippen LogP contribution in [0, 0.1) is 0 Å². The molecule has 12 nitrogen and oxygen atoms in total. The van der Waals surface area contributed by atoms with Gasteiger partial charge in [0.05, 0.1) is 35.4 Å². The zero-order chi connectivity index (χ0) is 37.1. The number of carboxylic acid groups (broad SMARTS) is 1. The Morgan fingerprint density at radius 3 is 2.38 bits per heavy atom. The van der Waals surface area contributed by atoms with E-state index in [1.165, 1.54) is 44.9 Å². The SMILES string of the molecule is CCCCCCCCCCCCOCCC(NC(=O)CCC(=O)O[C@]1(CC)C(=O)OCc2c1cc1n(c2=O)Cc2cc3ccccc3nc2-1)C(=O)O. The van der Waals surface area contributed by atoms with Crippen molar-refractivity contribution in [3.8, 4) is 11.4 Å². The predicted molar refractivity (Wildman–Crippen MR) is 194 cm³/mol. The van der Waals surface area contributed by atoms with Crippen molar-refractivity contribution < 1.29 is 38.5 Å². The molecule has 3 aromatic rings. The number of cyclic esters (lactones) is 1. The fourth-order valence-corrected chi connectivity index (χ4v) is 7.06. The van der Waals surface area contributed by atoms with E-state index in [2.05, 4.69) is 12.2 Å². The van der Waals surface area contributed by atoms with Crippen molar-refractivity contribution in [3.05, 3.63) is 63.4 Å². The molecule has 12 heteroatoms. The van der Waals surface area contributed by atoms with Gasteiger partial charge in [-0.3, -0.25) is 14.4 Å². The topological polar surface area (TPSA) is 163 Å². The maximum atomic E-state index is 13.7. The Balaban J connectivity index is 1.12. The molecular weight excluding hydrogens is 666 g/mol. The largest absolute Gasteiger partial charge is 0.480 e. The van der Waals surface area contributed by atoms with Gasteiger partial charge in [-0.05, 0) is 31.0 Å². The average Bonchev–Trinajstić information content (AvgIpc) is 3.50.